The van der Waals surface area contributed by atoms with Gasteiger partial charge in [-0.15, -0.1) is 11.3 Å². The van der Waals surface area contributed by atoms with Gasteiger partial charge in [0.05, 0.1) is 11.7 Å². The van der Waals surface area contributed by atoms with E-state index in [1.54, 1.807) is 11.3 Å². The van der Waals surface area contributed by atoms with Gasteiger partial charge in [0, 0.05) is 11.9 Å². The molecule has 0 aromatic carbocycles. The molecule has 0 amide bonds. The Hall–Kier alpha value is -0.450. The summed E-state index contributed by atoms with van der Waals surface area (Å²) in [4.78, 5) is 6.96. The van der Waals surface area contributed by atoms with Crippen LogP contribution in [0.4, 0.5) is 0 Å². The molecule has 2 heterocycles. The molecule has 3 nitrogen and oxygen atoms in total. The van der Waals surface area contributed by atoms with Crippen LogP contribution in [0.3, 0.4) is 0 Å². The van der Waals surface area contributed by atoms with Crippen LogP contribution in [0.2, 0.25) is 0 Å². The smallest absolute Gasteiger partial charge is 0.110 e. The third kappa shape index (κ3) is 1.97. The number of thiazole rings is 1. The van der Waals surface area contributed by atoms with Crippen molar-refractivity contribution in [3.8, 4) is 0 Å². The van der Waals surface area contributed by atoms with Gasteiger partial charge in [-0.05, 0) is 26.4 Å². The molecular formula is C10H17N3S. The third-order valence-corrected chi connectivity index (χ3v) is 3.83. The van der Waals surface area contributed by atoms with E-state index in [2.05, 4.69) is 22.3 Å². The van der Waals surface area contributed by atoms with Gasteiger partial charge in [-0.1, -0.05) is 6.42 Å². The molecule has 1 unspecified atom stereocenters. The van der Waals surface area contributed by atoms with E-state index in [-0.39, 0.29) is 0 Å². The van der Waals surface area contributed by atoms with Crippen LogP contribution in [0.5, 0.6) is 0 Å². The Morgan fingerprint density at radius 1 is 1.64 bits per heavy atom. The van der Waals surface area contributed by atoms with Gasteiger partial charge in [0.1, 0.15) is 5.01 Å². The lowest BCUT2D eigenvalue weighted by molar-refractivity contribution is 0.187. The van der Waals surface area contributed by atoms with Crippen molar-refractivity contribution in [3.63, 3.8) is 0 Å². The number of hydrogen-bond donors (Lipinski definition) is 1. The van der Waals surface area contributed by atoms with E-state index in [0.29, 0.717) is 12.6 Å². The maximum absolute atomic E-state index is 5.56. The fraction of sp³-hybridized carbons (Fsp3) is 0.700. The molecule has 1 aliphatic heterocycles. The van der Waals surface area contributed by atoms with E-state index in [1.807, 2.05) is 0 Å². The highest BCUT2D eigenvalue weighted by molar-refractivity contribution is 7.09. The molecule has 14 heavy (non-hydrogen) atoms. The number of piperidine rings is 1. The summed E-state index contributed by atoms with van der Waals surface area (Å²) in [5.41, 5.74) is 6.59. The maximum Gasteiger partial charge on any atom is 0.110 e. The fourth-order valence-electron chi connectivity index (χ4n) is 1.96. The van der Waals surface area contributed by atoms with Crippen LogP contribution >= 0.6 is 11.3 Å². The summed E-state index contributed by atoms with van der Waals surface area (Å²) in [5.74, 6) is 0. The summed E-state index contributed by atoms with van der Waals surface area (Å²) in [6.07, 6.45) is 3.89. The summed E-state index contributed by atoms with van der Waals surface area (Å²) in [6.45, 7) is 1.76. The number of hydrogen-bond acceptors (Lipinski definition) is 4. The molecule has 78 valence electrons. The number of likely N-dealkylation sites (tertiary alicyclic amines) is 1. The third-order valence-electron chi connectivity index (χ3n) is 2.83. The van der Waals surface area contributed by atoms with Crippen molar-refractivity contribution in [1.29, 1.82) is 0 Å². The molecule has 1 atom stereocenters. The lowest BCUT2D eigenvalue weighted by Gasteiger charge is -2.30. The predicted octanol–water partition coefficient (Wildman–Crippen LogP) is 1.76. The SMILES string of the molecule is CN1CCCCC1c1nc(CN)cs1. The van der Waals surface area contributed by atoms with Gasteiger partial charge in [0.25, 0.3) is 0 Å². The second-order valence-electron chi connectivity index (χ2n) is 3.87. The molecule has 0 saturated carbocycles. The van der Waals surface area contributed by atoms with Crippen LogP contribution in [0.15, 0.2) is 5.38 Å². The van der Waals surface area contributed by atoms with Gasteiger partial charge in [-0.2, -0.15) is 0 Å². The Morgan fingerprint density at radius 3 is 3.14 bits per heavy atom. The van der Waals surface area contributed by atoms with Gasteiger partial charge >= 0.3 is 0 Å². The minimum Gasteiger partial charge on any atom is -0.325 e. The Bertz CT molecular complexity index is 297. The van der Waals surface area contributed by atoms with Crippen molar-refractivity contribution in [3.05, 3.63) is 16.1 Å². The summed E-state index contributed by atoms with van der Waals surface area (Å²) in [5, 5.41) is 3.32. The Kier molecular flexibility index (Phi) is 3.15. The minimum atomic E-state index is 0.536. The van der Waals surface area contributed by atoms with Gasteiger partial charge < -0.3 is 5.73 Å². The van der Waals surface area contributed by atoms with Crippen molar-refractivity contribution in [2.75, 3.05) is 13.6 Å². The van der Waals surface area contributed by atoms with Crippen LogP contribution in [-0.2, 0) is 6.54 Å². The Morgan fingerprint density at radius 2 is 2.50 bits per heavy atom. The molecule has 0 aliphatic carbocycles. The molecule has 0 bridgehead atoms. The molecule has 4 heteroatoms. The van der Waals surface area contributed by atoms with E-state index in [4.69, 9.17) is 5.73 Å². The van der Waals surface area contributed by atoms with Gasteiger partial charge in [0.2, 0.25) is 0 Å². The molecule has 1 aromatic heterocycles. The second-order valence-corrected chi connectivity index (χ2v) is 4.76. The highest BCUT2D eigenvalue weighted by atomic mass is 32.1. The lowest BCUT2D eigenvalue weighted by atomic mass is 10.0. The molecule has 1 saturated heterocycles. The number of aromatic nitrogens is 1. The first kappa shape index (κ1) is 10.1. The van der Waals surface area contributed by atoms with Gasteiger partial charge in [-0.25, -0.2) is 4.98 Å². The molecular weight excluding hydrogens is 194 g/mol. The zero-order valence-corrected chi connectivity index (χ0v) is 9.39. The minimum absolute atomic E-state index is 0.536. The lowest BCUT2D eigenvalue weighted by Crippen LogP contribution is -2.29. The molecule has 0 spiro atoms. The van der Waals surface area contributed by atoms with Crippen LogP contribution in [0.1, 0.15) is 36.0 Å². The zero-order chi connectivity index (χ0) is 9.97. The first-order valence-electron chi connectivity index (χ1n) is 5.16. The second kappa shape index (κ2) is 4.38. The Labute approximate surface area is 88.9 Å². The average Bonchev–Trinajstić information content (AvgIpc) is 2.67. The first-order chi connectivity index (χ1) is 6.81. The van der Waals surface area contributed by atoms with E-state index >= 15 is 0 Å². The van der Waals surface area contributed by atoms with Crippen LogP contribution < -0.4 is 5.73 Å². The van der Waals surface area contributed by atoms with E-state index in [9.17, 15) is 0 Å². The first-order valence-corrected chi connectivity index (χ1v) is 6.04. The van der Waals surface area contributed by atoms with E-state index in [1.165, 1.54) is 30.8 Å². The molecule has 2 N–H and O–H groups in total. The largest absolute Gasteiger partial charge is 0.325 e. The highest BCUT2D eigenvalue weighted by Gasteiger charge is 2.22. The zero-order valence-electron chi connectivity index (χ0n) is 8.57. The standard InChI is InChI=1S/C10H17N3S/c1-13-5-3-2-4-9(13)10-12-8(6-11)7-14-10/h7,9H,2-6,11H2,1H3. The quantitative estimate of drug-likeness (QED) is 0.810. The normalized spacial score (nSPS) is 24.0. The summed E-state index contributed by atoms with van der Waals surface area (Å²) in [6, 6.07) is 0.536. The van der Waals surface area contributed by atoms with Crippen molar-refractivity contribution < 1.29 is 0 Å². The van der Waals surface area contributed by atoms with Crippen LogP contribution in [-0.4, -0.2) is 23.5 Å². The van der Waals surface area contributed by atoms with E-state index < -0.39 is 0 Å². The van der Waals surface area contributed by atoms with Crippen LogP contribution in [0, 0.1) is 0 Å². The van der Waals surface area contributed by atoms with Crippen molar-refractivity contribution in [2.45, 2.75) is 31.8 Å². The summed E-state index contributed by atoms with van der Waals surface area (Å²) < 4.78 is 0. The molecule has 1 aliphatic rings. The fourth-order valence-corrected chi connectivity index (χ4v) is 2.99. The predicted molar refractivity (Wildman–Crippen MR) is 59.2 cm³/mol. The Balaban J connectivity index is 2.12. The summed E-state index contributed by atoms with van der Waals surface area (Å²) in [7, 11) is 2.19. The maximum atomic E-state index is 5.56. The van der Waals surface area contributed by atoms with E-state index in [0.717, 1.165) is 5.69 Å². The monoisotopic (exact) mass is 211 g/mol. The average molecular weight is 211 g/mol. The number of nitrogens with zero attached hydrogens (tertiary/aromatic N) is 2. The molecule has 0 radical (unpaired) electrons. The van der Waals surface area contributed by atoms with Gasteiger partial charge in [0.15, 0.2) is 0 Å². The van der Waals surface area contributed by atoms with Gasteiger partial charge in [-0.3, -0.25) is 4.90 Å². The molecule has 2 rings (SSSR count). The van der Waals surface area contributed by atoms with Crippen molar-refractivity contribution >= 4 is 11.3 Å². The number of rotatable bonds is 2. The summed E-state index contributed by atoms with van der Waals surface area (Å²) >= 11 is 1.75. The molecule has 1 fully saturated rings. The molecule has 1 aromatic rings. The topological polar surface area (TPSA) is 42.2 Å². The van der Waals surface area contributed by atoms with Crippen LogP contribution in [0.25, 0.3) is 0 Å². The highest BCUT2D eigenvalue weighted by Crippen LogP contribution is 2.31. The van der Waals surface area contributed by atoms with Crippen molar-refractivity contribution in [1.82, 2.24) is 9.88 Å². The number of nitrogens with two attached hydrogens (primary N) is 1. The van der Waals surface area contributed by atoms with Crippen molar-refractivity contribution in [2.24, 2.45) is 5.73 Å².